The number of carbonyl (C=O) groups excluding carboxylic acids is 1. The van der Waals surface area contributed by atoms with Crippen molar-refractivity contribution < 1.29 is 14.5 Å². The predicted molar refractivity (Wildman–Crippen MR) is 69.6 cm³/mol. The van der Waals surface area contributed by atoms with E-state index in [-0.39, 0.29) is 16.8 Å². The predicted octanol–water partition coefficient (Wildman–Crippen LogP) is 2.18. The van der Waals surface area contributed by atoms with Gasteiger partial charge in [0.1, 0.15) is 0 Å². The number of nitrogens with zero attached hydrogens (tertiary/aromatic N) is 1. The Morgan fingerprint density at radius 1 is 1.67 bits per heavy atom. The lowest BCUT2D eigenvalue weighted by atomic mass is 10.1. The number of hydrogen-bond donors (Lipinski definition) is 2. The Balaban J connectivity index is 3.69. The van der Waals surface area contributed by atoms with Crippen LogP contribution >= 0.6 is 15.9 Å². The number of nitro groups is 1. The Labute approximate surface area is 111 Å². The van der Waals surface area contributed by atoms with E-state index in [1.807, 2.05) is 0 Å². The van der Waals surface area contributed by atoms with E-state index >= 15 is 0 Å². The van der Waals surface area contributed by atoms with Gasteiger partial charge in [-0.3, -0.25) is 10.1 Å². The Kier molecular flexibility index (Phi) is 4.38. The van der Waals surface area contributed by atoms with Crippen LogP contribution in [0.25, 0.3) is 0 Å². The molecule has 1 aromatic rings. The van der Waals surface area contributed by atoms with Gasteiger partial charge in [-0.05, 0) is 15.9 Å². The van der Waals surface area contributed by atoms with Crippen molar-refractivity contribution in [2.24, 2.45) is 0 Å². The molecule has 0 aliphatic rings. The molecule has 0 aromatic heterocycles. The number of esters is 1. The summed E-state index contributed by atoms with van der Waals surface area (Å²) in [6.07, 6.45) is 0.857. The SMILES string of the molecule is CNc1c(Br)c(C(=O)OC)cc([N+](=O)[O-])c1C=N. The van der Waals surface area contributed by atoms with Crippen LogP contribution in [-0.2, 0) is 4.74 Å². The fourth-order valence-electron chi connectivity index (χ4n) is 1.46. The van der Waals surface area contributed by atoms with Crippen molar-refractivity contribution in [3.05, 3.63) is 31.8 Å². The number of rotatable bonds is 4. The first-order valence-corrected chi connectivity index (χ1v) is 5.54. The van der Waals surface area contributed by atoms with Crippen LogP contribution in [0.4, 0.5) is 11.4 Å². The average molecular weight is 316 g/mol. The molecule has 0 aliphatic heterocycles. The van der Waals surface area contributed by atoms with Crippen molar-refractivity contribution >= 4 is 39.5 Å². The first kappa shape index (κ1) is 14.1. The number of benzene rings is 1. The quantitative estimate of drug-likeness (QED) is 0.383. The summed E-state index contributed by atoms with van der Waals surface area (Å²) in [6.45, 7) is 0. The lowest BCUT2D eigenvalue weighted by Crippen LogP contribution is -2.09. The maximum Gasteiger partial charge on any atom is 0.339 e. The summed E-state index contributed by atoms with van der Waals surface area (Å²) in [5.41, 5.74) is 0.0683. The maximum atomic E-state index is 11.5. The number of anilines is 1. The minimum Gasteiger partial charge on any atom is -0.465 e. The molecule has 1 aromatic carbocycles. The van der Waals surface area contributed by atoms with Crippen LogP contribution in [0.3, 0.4) is 0 Å². The molecule has 2 N–H and O–H groups in total. The third kappa shape index (κ3) is 2.33. The summed E-state index contributed by atoms with van der Waals surface area (Å²) in [4.78, 5) is 21.8. The zero-order valence-corrected chi connectivity index (χ0v) is 11.2. The highest BCUT2D eigenvalue weighted by atomic mass is 79.9. The summed E-state index contributed by atoms with van der Waals surface area (Å²) >= 11 is 3.17. The lowest BCUT2D eigenvalue weighted by Gasteiger charge is -2.11. The van der Waals surface area contributed by atoms with Crippen LogP contribution in [0, 0.1) is 15.5 Å². The first-order chi connectivity index (χ1) is 8.47. The van der Waals surface area contributed by atoms with Gasteiger partial charge in [-0.2, -0.15) is 0 Å². The molecular weight excluding hydrogens is 306 g/mol. The molecule has 0 saturated carbocycles. The van der Waals surface area contributed by atoms with E-state index in [2.05, 4.69) is 26.0 Å². The molecule has 0 unspecified atom stereocenters. The second-order valence-electron chi connectivity index (χ2n) is 3.19. The van der Waals surface area contributed by atoms with Gasteiger partial charge in [0, 0.05) is 19.3 Å². The summed E-state index contributed by atoms with van der Waals surface area (Å²) < 4.78 is 4.87. The Morgan fingerprint density at radius 3 is 2.67 bits per heavy atom. The van der Waals surface area contributed by atoms with Crippen LogP contribution in [0.15, 0.2) is 10.5 Å². The van der Waals surface area contributed by atoms with Crippen LogP contribution in [-0.4, -0.2) is 31.3 Å². The van der Waals surface area contributed by atoms with Gasteiger partial charge >= 0.3 is 5.97 Å². The van der Waals surface area contributed by atoms with Crippen molar-refractivity contribution in [3.8, 4) is 0 Å². The van der Waals surface area contributed by atoms with Crippen LogP contribution < -0.4 is 5.32 Å². The molecule has 8 heteroatoms. The molecule has 0 heterocycles. The molecule has 1 rings (SSSR count). The maximum absolute atomic E-state index is 11.5. The molecule has 0 spiro atoms. The van der Waals surface area contributed by atoms with E-state index in [0.29, 0.717) is 10.2 Å². The summed E-state index contributed by atoms with van der Waals surface area (Å²) in [5.74, 6) is -0.696. The Hall–Kier alpha value is -1.96. The molecule has 96 valence electrons. The molecule has 18 heavy (non-hydrogen) atoms. The third-order valence-electron chi connectivity index (χ3n) is 2.28. The van der Waals surface area contributed by atoms with Crippen molar-refractivity contribution in [2.75, 3.05) is 19.5 Å². The van der Waals surface area contributed by atoms with Gasteiger partial charge in [-0.1, -0.05) is 0 Å². The van der Waals surface area contributed by atoms with E-state index < -0.39 is 10.9 Å². The number of nitrogens with one attached hydrogen (secondary N) is 2. The van der Waals surface area contributed by atoms with Crippen LogP contribution in [0.1, 0.15) is 15.9 Å². The number of halogens is 1. The topological polar surface area (TPSA) is 105 Å². The van der Waals surface area contributed by atoms with Gasteiger partial charge in [0.15, 0.2) is 0 Å². The number of ether oxygens (including phenoxy) is 1. The second kappa shape index (κ2) is 5.58. The van der Waals surface area contributed by atoms with Crippen molar-refractivity contribution in [1.82, 2.24) is 0 Å². The lowest BCUT2D eigenvalue weighted by molar-refractivity contribution is -0.385. The number of carbonyl (C=O) groups is 1. The number of hydrogen-bond acceptors (Lipinski definition) is 6. The van der Waals surface area contributed by atoms with Gasteiger partial charge in [-0.15, -0.1) is 0 Å². The normalized spacial score (nSPS) is 9.72. The van der Waals surface area contributed by atoms with Crippen molar-refractivity contribution in [3.63, 3.8) is 0 Å². The van der Waals surface area contributed by atoms with E-state index in [0.717, 1.165) is 12.3 Å². The largest absolute Gasteiger partial charge is 0.465 e. The Morgan fingerprint density at radius 2 is 2.28 bits per heavy atom. The molecule has 0 fully saturated rings. The molecule has 0 radical (unpaired) electrons. The Bertz CT molecular complexity index is 530. The highest BCUT2D eigenvalue weighted by Gasteiger charge is 2.25. The van der Waals surface area contributed by atoms with E-state index in [9.17, 15) is 14.9 Å². The number of nitro benzene ring substituents is 1. The third-order valence-corrected chi connectivity index (χ3v) is 3.10. The molecule has 0 aliphatic carbocycles. The molecular formula is C10H10BrN3O4. The molecule has 7 nitrogen and oxygen atoms in total. The average Bonchev–Trinajstić information content (AvgIpc) is 2.36. The minimum absolute atomic E-state index is 0.0270. The van der Waals surface area contributed by atoms with Gasteiger partial charge < -0.3 is 15.5 Å². The number of methoxy groups -OCH3 is 1. The van der Waals surface area contributed by atoms with Gasteiger partial charge in [-0.25, -0.2) is 4.79 Å². The van der Waals surface area contributed by atoms with E-state index in [4.69, 9.17) is 5.41 Å². The monoisotopic (exact) mass is 315 g/mol. The summed E-state index contributed by atoms with van der Waals surface area (Å²) in [6, 6.07) is 1.08. The highest BCUT2D eigenvalue weighted by Crippen LogP contribution is 2.35. The summed E-state index contributed by atoms with van der Waals surface area (Å²) in [7, 11) is 2.72. The molecule has 0 bridgehead atoms. The van der Waals surface area contributed by atoms with Crippen molar-refractivity contribution in [1.29, 1.82) is 5.41 Å². The highest BCUT2D eigenvalue weighted by molar-refractivity contribution is 9.10. The molecule has 0 atom stereocenters. The standard InChI is InChI=1S/C10H10BrN3O4/c1-13-9-6(4-12)7(14(16)17)3-5(8(9)11)10(15)18-2/h3-4,12-13H,1-2H3. The zero-order chi connectivity index (χ0) is 13.9. The van der Waals surface area contributed by atoms with Crippen LogP contribution in [0.5, 0.6) is 0 Å². The van der Waals surface area contributed by atoms with Gasteiger partial charge in [0.2, 0.25) is 0 Å². The second-order valence-corrected chi connectivity index (χ2v) is 3.98. The molecule has 0 amide bonds. The van der Waals surface area contributed by atoms with E-state index in [1.165, 1.54) is 14.2 Å². The first-order valence-electron chi connectivity index (χ1n) is 4.75. The zero-order valence-electron chi connectivity index (χ0n) is 9.61. The van der Waals surface area contributed by atoms with Crippen molar-refractivity contribution in [2.45, 2.75) is 0 Å². The smallest absolute Gasteiger partial charge is 0.339 e. The van der Waals surface area contributed by atoms with Gasteiger partial charge in [0.25, 0.3) is 5.69 Å². The van der Waals surface area contributed by atoms with Crippen LogP contribution in [0.2, 0.25) is 0 Å². The fourth-order valence-corrected chi connectivity index (χ4v) is 2.15. The van der Waals surface area contributed by atoms with E-state index in [1.54, 1.807) is 0 Å². The molecule has 0 saturated heterocycles. The minimum atomic E-state index is -0.696. The fraction of sp³-hybridized carbons (Fsp3) is 0.200. The van der Waals surface area contributed by atoms with Gasteiger partial charge in [0.05, 0.1) is 33.3 Å². The summed E-state index contributed by atoms with van der Waals surface area (Å²) in [5, 5.41) is 20.9.